The Hall–Kier alpha value is -1.22. The van der Waals surface area contributed by atoms with Gasteiger partial charge in [-0.2, -0.15) is 0 Å². The van der Waals surface area contributed by atoms with Crippen molar-refractivity contribution >= 4 is 23.2 Å². The molecule has 0 radical (unpaired) electrons. The van der Waals surface area contributed by atoms with Gasteiger partial charge >= 0.3 is 0 Å². The molecule has 1 unspecified atom stereocenters. The molecule has 4 heteroatoms. The van der Waals surface area contributed by atoms with E-state index in [-0.39, 0.29) is 5.91 Å². The van der Waals surface area contributed by atoms with E-state index in [1.165, 1.54) is 12.8 Å². The molecule has 3 nitrogen and oxygen atoms in total. The molecule has 0 aromatic heterocycles. The molecule has 0 aliphatic heterocycles. The summed E-state index contributed by atoms with van der Waals surface area (Å²) in [6.45, 7) is 4.31. The van der Waals surface area contributed by atoms with Crippen molar-refractivity contribution in [1.29, 1.82) is 0 Å². The van der Waals surface area contributed by atoms with Crippen molar-refractivity contribution in [2.45, 2.75) is 39.2 Å². The average molecular weight is 283 g/mol. The second-order valence-electron chi connectivity index (χ2n) is 5.08. The maximum absolute atomic E-state index is 11.9. The highest BCUT2D eigenvalue weighted by molar-refractivity contribution is 6.33. The summed E-state index contributed by atoms with van der Waals surface area (Å²) < 4.78 is 0. The largest absolute Gasteiger partial charge is 0.381 e. The van der Waals surface area contributed by atoms with Gasteiger partial charge in [0.2, 0.25) is 0 Å². The zero-order valence-electron chi connectivity index (χ0n) is 12.2. The zero-order valence-corrected chi connectivity index (χ0v) is 12.9. The Balaban J connectivity index is 2.82. The van der Waals surface area contributed by atoms with Crippen LogP contribution in [0.4, 0.5) is 5.69 Å². The fourth-order valence-electron chi connectivity index (χ4n) is 1.88. The number of rotatable bonds is 6. The lowest BCUT2D eigenvalue weighted by Gasteiger charge is -2.17. The van der Waals surface area contributed by atoms with Gasteiger partial charge in [-0.1, -0.05) is 31.4 Å². The first-order chi connectivity index (χ1) is 8.95. The Labute approximate surface area is 120 Å². The molecule has 1 rings (SSSR count). The van der Waals surface area contributed by atoms with Crippen LogP contribution in [0.2, 0.25) is 5.02 Å². The lowest BCUT2D eigenvalue weighted by Crippen LogP contribution is -2.22. The standard InChI is InChI=1S/C15H23ClN2O/c1-5-6-7-11(2)17-14-10-12(8-9-13(14)16)15(19)18(3)4/h8-11,17H,5-7H2,1-4H3. The molecule has 0 aliphatic carbocycles. The molecule has 0 spiro atoms. The smallest absolute Gasteiger partial charge is 0.253 e. The first-order valence-corrected chi connectivity index (χ1v) is 7.11. The van der Waals surface area contributed by atoms with E-state index in [4.69, 9.17) is 11.6 Å². The van der Waals surface area contributed by atoms with E-state index in [0.29, 0.717) is 16.6 Å². The van der Waals surface area contributed by atoms with E-state index in [0.717, 1.165) is 12.1 Å². The highest BCUT2D eigenvalue weighted by atomic mass is 35.5. The number of carbonyl (C=O) groups excluding carboxylic acids is 1. The molecule has 106 valence electrons. The number of nitrogens with one attached hydrogen (secondary N) is 1. The molecule has 0 saturated carbocycles. The van der Waals surface area contributed by atoms with Crippen molar-refractivity contribution in [2.24, 2.45) is 0 Å². The van der Waals surface area contributed by atoms with Gasteiger partial charge in [0, 0.05) is 25.7 Å². The van der Waals surface area contributed by atoms with Crippen LogP contribution in [0.15, 0.2) is 18.2 Å². The summed E-state index contributed by atoms with van der Waals surface area (Å²) in [6.07, 6.45) is 3.46. The first-order valence-electron chi connectivity index (χ1n) is 6.73. The van der Waals surface area contributed by atoms with Gasteiger partial charge in [0.25, 0.3) is 5.91 Å². The van der Waals surface area contributed by atoms with E-state index >= 15 is 0 Å². The first kappa shape index (κ1) is 15.8. The number of hydrogen-bond acceptors (Lipinski definition) is 2. The minimum Gasteiger partial charge on any atom is -0.381 e. The zero-order chi connectivity index (χ0) is 14.4. The van der Waals surface area contributed by atoms with Gasteiger partial charge in [0.1, 0.15) is 0 Å². The quantitative estimate of drug-likeness (QED) is 0.854. The van der Waals surface area contributed by atoms with Crippen molar-refractivity contribution in [3.63, 3.8) is 0 Å². The minimum atomic E-state index is -0.0130. The van der Waals surface area contributed by atoms with Gasteiger partial charge in [-0.25, -0.2) is 0 Å². The number of hydrogen-bond donors (Lipinski definition) is 1. The van der Waals surface area contributed by atoms with Crippen LogP contribution in [-0.2, 0) is 0 Å². The summed E-state index contributed by atoms with van der Waals surface area (Å²) >= 11 is 6.17. The van der Waals surface area contributed by atoms with E-state index in [9.17, 15) is 4.79 Å². The number of nitrogens with zero attached hydrogens (tertiary/aromatic N) is 1. The van der Waals surface area contributed by atoms with E-state index < -0.39 is 0 Å². The number of carbonyl (C=O) groups is 1. The molecular weight excluding hydrogens is 260 g/mol. The van der Waals surface area contributed by atoms with Crippen molar-refractivity contribution in [1.82, 2.24) is 4.90 Å². The van der Waals surface area contributed by atoms with Crippen molar-refractivity contribution in [2.75, 3.05) is 19.4 Å². The number of halogens is 1. The Bertz CT molecular complexity index is 432. The van der Waals surface area contributed by atoms with Crippen LogP contribution in [0.3, 0.4) is 0 Å². The maximum Gasteiger partial charge on any atom is 0.253 e. The highest BCUT2D eigenvalue weighted by Crippen LogP contribution is 2.25. The fraction of sp³-hybridized carbons (Fsp3) is 0.533. The third kappa shape index (κ3) is 4.75. The SMILES string of the molecule is CCCCC(C)Nc1cc(C(=O)N(C)C)ccc1Cl. The summed E-state index contributed by atoms with van der Waals surface area (Å²) in [7, 11) is 3.49. The highest BCUT2D eigenvalue weighted by Gasteiger charge is 2.11. The van der Waals surface area contributed by atoms with Crippen LogP contribution >= 0.6 is 11.6 Å². The van der Waals surface area contributed by atoms with Crippen LogP contribution in [0, 0.1) is 0 Å². The summed E-state index contributed by atoms with van der Waals surface area (Å²) in [5, 5.41) is 4.03. The van der Waals surface area contributed by atoms with Gasteiger partial charge in [0.05, 0.1) is 10.7 Å². The molecule has 0 fully saturated rings. The maximum atomic E-state index is 11.9. The molecule has 1 aromatic rings. The van der Waals surface area contributed by atoms with Crippen LogP contribution < -0.4 is 5.32 Å². The molecule has 1 aromatic carbocycles. The average Bonchev–Trinajstić information content (AvgIpc) is 2.38. The topological polar surface area (TPSA) is 32.3 Å². The molecule has 0 bridgehead atoms. The lowest BCUT2D eigenvalue weighted by molar-refractivity contribution is 0.0827. The van der Waals surface area contributed by atoms with E-state index in [1.54, 1.807) is 31.1 Å². The number of benzene rings is 1. The van der Waals surface area contributed by atoms with E-state index in [2.05, 4.69) is 19.2 Å². The Morgan fingerprint density at radius 3 is 2.68 bits per heavy atom. The Kier molecular flexibility index (Phi) is 6.16. The van der Waals surface area contributed by atoms with Crippen molar-refractivity contribution in [3.8, 4) is 0 Å². The van der Waals surface area contributed by atoms with Crippen LogP contribution in [0.1, 0.15) is 43.5 Å². The molecule has 0 heterocycles. The number of amides is 1. The predicted octanol–water partition coefficient (Wildman–Crippen LogP) is 4.03. The molecule has 0 saturated heterocycles. The summed E-state index contributed by atoms with van der Waals surface area (Å²) in [6, 6.07) is 5.70. The third-order valence-corrected chi connectivity index (χ3v) is 3.34. The van der Waals surface area contributed by atoms with Gasteiger partial charge < -0.3 is 10.2 Å². The summed E-state index contributed by atoms with van der Waals surface area (Å²) in [5.74, 6) is -0.0130. The normalized spacial score (nSPS) is 12.1. The fourth-order valence-corrected chi connectivity index (χ4v) is 2.05. The molecule has 1 amide bonds. The third-order valence-electron chi connectivity index (χ3n) is 3.01. The molecule has 1 N–H and O–H groups in total. The van der Waals surface area contributed by atoms with Crippen molar-refractivity contribution < 1.29 is 4.79 Å². The molecule has 19 heavy (non-hydrogen) atoms. The molecule has 0 aliphatic rings. The summed E-state index contributed by atoms with van der Waals surface area (Å²) in [4.78, 5) is 13.5. The minimum absolute atomic E-state index is 0.0130. The van der Waals surface area contributed by atoms with Crippen molar-refractivity contribution in [3.05, 3.63) is 28.8 Å². The lowest BCUT2D eigenvalue weighted by atomic mass is 10.1. The molecular formula is C15H23ClN2O. The van der Waals surface area contributed by atoms with Gasteiger partial charge in [-0.3, -0.25) is 4.79 Å². The number of anilines is 1. The second-order valence-corrected chi connectivity index (χ2v) is 5.49. The van der Waals surface area contributed by atoms with Crippen LogP contribution in [0.25, 0.3) is 0 Å². The summed E-state index contributed by atoms with van der Waals surface area (Å²) in [5.41, 5.74) is 1.48. The Morgan fingerprint density at radius 1 is 1.42 bits per heavy atom. The Morgan fingerprint density at radius 2 is 2.11 bits per heavy atom. The van der Waals surface area contributed by atoms with Gasteiger partial charge in [0.15, 0.2) is 0 Å². The second kappa shape index (κ2) is 7.39. The van der Waals surface area contributed by atoms with Crippen LogP contribution in [-0.4, -0.2) is 30.9 Å². The van der Waals surface area contributed by atoms with Gasteiger partial charge in [-0.05, 0) is 31.5 Å². The van der Waals surface area contributed by atoms with Crippen LogP contribution in [0.5, 0.6) is 0 Å². The van der Waals surface area contributed by atoms with Gasteiger partial charge in [-0.15, -0.1) is 0 Å². The number of unbranched alkanes of at least 4 members (excludes halogenated alkanes) is 1. The monoisotopic (exact) mass is 282 g/mol. The molecule has 1 atom stereocenters. The predicted molar refractivity (Wildman–Crippen MR) is 82.1 cm³/mol. The van der Waals surface area contributed by atoms with E-state index in [1.807, 2.05) is 6.07 Å².